The Morgan fingerprint density at radius 3 is 1.89 bits per heavy atom. The van der Waals surface area contributed by atoms with Crippen LogP contribution < -0.4 is 21.4 Å². The molecule has 9 heteroatoms. The molecule has 9 nitrogen and oxygen atoms in total. The van der Waals surface area contributed by atoms with Crippen LogP contribution >= 0.6 is 0 Å². The van der Waals surface area contributed by atoms with Gasteiger partial charge in [-0.05, 0) is 67.3 Å². The fourth-order valence-electron chi connectivity index (χ4n) is 2.75. The number of hydroxylamine groups is 1. The summed E-state index contributed by atoms with van der Waals surface area (Å²) in [5, 5.41) is 26.5. The van der Waals surface area contributed by atoms with Gasteiger partial charge in [0, 0.05) is 28.4 Å². The monoisotopic (exact) mass is 492 g/mol. The molecule has 0 heterocycles. The quantitative estimate of drug-likeness (QED) is 0.188. The molecular weight excluding hydrogens is 460 g/mol. The van der Waals surface area contributed by atoms with Crippen LogP contribution in [0.15, 0.2) is 48.5 Å². The number of hydrogen-bond acceptors (Lipinski definition) is 6. The molecule has 2 aromatic rings. The zero-order valence-corrected chi connectivity index (χ0v) is 19.7. The lowest BCUT2D eigenvalue weighted by atomic mass is 10.1. The summed E-state index contributed by atoms with van der Waals surface area (Å²) in [6, 6.07) is 12.3. The Labute approximate surface area is 211 Å². The van der Waals surface area contributed by atoms with Gasteiger partial charge in [-0.1, -0.05) is 33.1 Å². The van der Waals surface area contributed by atoms with Gasteiger partial charge in [0.1, 0.15) is 6.04 Å². The first-order valence-corrected chi connectivity index (χ1v) is 10.9. The summed E-state index contributed by atoms with van der Waals surface area (Å²) in [5.74, 6) is 9.65. The minimum absolute atomic E-state index is 0. The fraction of sp³-hybridized carbons (Fsp3) is 0.296. The second-order valence-corrected chi connectivity index (χ2v) is 7.91. The number of nitrogens with one attached hydrogen (secondary N) is 4. The van der Waals surface area contributed by atoms with Crippen molar-refractivity contribution in [1.29, 1.82) is 0 Å². The van der Waals surface area contributed by atoms with Crippen molar-refractivity contribution in [2.24, 2.45) is 0 Å². The number of carbonyl (C=O) groups is 3. The Balaban J connectivity index is 0.00000648. The lowest BCUT2D eigenvalue weighted by Crippen LogP contribution is -2.51. The van der Waals surface area contributed by atoms with Crippen LogP contribution in [-0.4, -0.2) is 52.8 Å². The van der Waals surface area contributed by atoms with Gasteiger partial charge in [-0.15, -0.1) is 0 Å². The van der Waals surface area contributed by atoms with Gasteiger partial charge in [0.15, 0.2) is 0 Å². The minimum atomic E-state index is -1.30. The van der Waals surface area contributed by atoms with E-state index in [1.807, 2.05) is 13.8 Å². The maximum Gasteiger partial charge on any atom is 0.268 e. The largest absolute Gasteiger partial charge is 0.391 e. The number of amides is 3. The van der Waals surface area contributed by atoms with E-state index in [0.717, 1.165) is 5.56 Å². The van der Waals surface area contributed by atoms with Gasteiger partial charge in [-0.25, -0.2) is 5.48 Å². The van der Waals surface area contributed by atoms with Crippen molar-refractivity contribution in [2.45, 2.75) is 46.4 Å². The van der Waals surface area contributed by atoms with Crippen molar-refractivity contribution in [3.05, 3.63) is 65.2 Å². The van der Waals surface area contributed by atoms with Gasteiger partial charge in [-0.2, -0.15) is 0 Å². The Bertz CT molecular complexity index is 1150. The molecule has 0 saturated carbocycles. The molecule has 0 aromatic heterocycles. The highest BCUT2D eigenvalue weighted by Gasteiger charge is 2.25. The smallest absolute Gasteiger partial charge is 0.268 e. The summed E-state index contributed by atoms with van der Waals surface area (Å²) < 4.78 is 0. The van der Waals surface area contributed by atoms with Gasteiger partial charge >= 0.3 is 0 Å². The van der Waals surface area contributed by atoms with Gasteiger partial charge in [0.25, 0.3) is 11.8 Å². The van der Waals surface area contributed by atoms with Crippen molar-refractivity contribution in [3.63, 3.8) is 0 Å². The molecule has 0 bridgehead atoms. The second-order valence-electron chi connectivity index (χ2n) is 7.91. The summed E-state index contributed by atoms with van der Waals surface area (Å²) in [7, 11) is 0. The van der Waals surface area contributed by atoms with Crippen molar-refractivity contribution in [2.75, 3.05) is 11.9 Å². The highest BCUT2D eigenvalue weighted by molar-refractivity contribution is 5.97. The fourth-order valence-corrected chi connectivity index (χ4v) is 2.75. The number of benzene rings is 2. The van der Waals surface area contributed by atoms with E-state index in [1.54, 1.807) is 36.4 Å². The van der Waals surface area contributed by atoms with Crippen LogP contribution in [0.4, 0.5) is 5.69 Å². The Morgan fingerprint density at radius 2 is 1.42 bits per heavy atom. The second kappa shape index (κ2) is 15.0. The lowest BCUT2D eigenvalue weighted by Gasteiger charge is -2.19. The molecule has 0 fully saturated rings. The van der Waals surface area contributed by atoms with Crippen molar-refractivity contribution < 1.29 is 24.7 Å². The van der Waals surface area contributed by atoms with Gasteiger partial charge < -0.3 is 21.1 Å². The Morgan fingerprint density at radius 1 is 0.889 bits per heavy atom. The maximum absolute atomic E-state index is 12.3. The van der Waals surface area contributed by atoms with Gasteiger partial charge in [-0.3, -0.25) is 19.6 Å². The number of hydrogen-bond donors (Lipinski definition) is 6. The lowest BCUT2D eigenvalue weighted by molar-refractivity contribution is -0.133. The summed E-state index contributed by atoms with van der Waals surface area (Å²) in [4.78, 5) is 35.7. The number of anilines is 1. The molecule has 0 saturated heterocycles. The summed E-state index contributed by atoms with van der Waals surface area (Å²) >= 11 is 0. The molecule has 0 radical (unpaired) electrons. The highest BCUT2D eigenvalue weighted by Crippen LogP contribution is 2.08. The van der Waals surface area contributed by atoms with Crippen LogP contribution in [0.2, 0.25) is 0 Å². The highest BCUT2D eigenvalue weighted by atomic mass is 16.5. The van der Waals surface area contributed by atoms with E-state index < -0.39 is 24.0 Å². The number of rotatable bonds is 8. The maximum atomic E-state index is 12.3. The van der Waals surface area contributed by atoms with Crippen LogP contribution in [-0.2, 0) is 9.59 Å². The molecular formula is C27H32N4O5. The molecule has 0 unspecified atom stereocenters. The summed E-state index contributed by atoms with van der Waals surface area (Å²) in [6.45, 7) is 5.49. The van der Waals surface area contributed by atoms with E-state index in [4.69, 9.17) is 5.21 Å². The van der Waals surface area contributed by atoms with Crippen molar-refractivity contribution >= 4 is 23.4 Å². The first-order chi connectivity index (χ1) is 16.7. The third kappa shape index (κ3) is 10.00. The third-order valence-corrected chi connectivity index (χ3v) is 4.62. The van der Waals surface area contributed by atoms with Gasteiger partial charge in [0.05, 0.1) is 12.6 Å². The summed E-state index contributed by atoms with van der Waals surface area (Å²) in [6.07, 6.45) is -1.20. The predicted octanol–water partition coefficient (Wildman–Crippen LogP) is 1.65. The molecule has 0 aliphatic heterocycles. The topological polar surface area (TPSA) is 140 Å². The van der Waals surface area contributed by atoms with E-state index in [0.29, 0.717) is 11.3 Å². The summed E-state index contributed by atoms with van der Waals surface area (Å²) in [5.41, 5.74) is 3.71. The molecule has 3 amide bonds. The van der Waals surface area contributed by atoms with E-state index in [-0.39, 0.29) is 31.5 Å². The Kier molecular flexibility index (Phi) is 12.4. The van der Waals surface area contributed by atoms with E-state index in [9.17, 15) is 19.5 Å². The Hall–Kier alpha value is -4.15. The zero-order valence-electron chi connectivity index (χ0n) is 19.7. The molecule has 0 spiro atoms. The average molecular weight is 493 g/mol. The van der Waals surface area contributed by atoms with Crippen LogP contribution in [0.3, 0.4) is 0 Å². The molecule has 0 aliphatic rings. The molecule has 2 aromatic carbocycles. The SMILES string of the molecule is C.CC(C)NCC(=O)Nc1ccc(C#CC#Cc2ccc(C(=O)N[C@H](C(=O)NO)[C@@H](C)O)cc2)cc1. The van der Waals surface area contributed by atoms with Crippen molar-refractivity contribution in [1.82, 2.24) is 16.1 Å². The van der Waals surface area contributed by atoms with Crippen LogP contribution in [0.5, 0.6) is 0 Å². The first kappa shape index (κ1) is 29.9. The van der Waals surface area contributed by atoms with Crippen LogP contribution in [0, 0.1) is 23.7 Å². The van der Waals surface area contributed by atoms with Crippen LogP contribution in [0.1, 0.15) is 49.7 Å². The normalized spacial score (nSPS) is 11.4. The third-order valence-electron chi connectivity index (χ3n) is 4.62. The predicted molar refractivity (Wildman–Crippen MR) is 138 cm³/mol. The van der Waals surface area contributed by atoms with Gasteiger partial charge in [0.2, 0.25) is 5.91 Å². The van der Waals surface area contributed by atoms with E-state index >= 15 is 0 Å². The number of aliphatic hydroxyl groups is 1. The molecule has 6 N–H and O–H groups in total. The standard InChI is InChI=1S/C26H28N4O5.CH4/c1-17(2)27-16-23(32)28-22-14-10-20(11-15-22)7-5-4-6-19-8-12-21(13-9-19)25(33)29-24(18(3)31)26(34)30-35;/h8-15,17-18,24,27,31,35H,16H2,1-3H3,(H,28,32)(H,29,33)(H,30,34);1H4/t18-,24+;/m1./s1. The van der Waals surface area contributed by atoms with Crippen LogP contribution in [0.25, 0.3) is 0 Å². The van der Waals surface area contributed by atoms with Crippen molar-refractivity contribution in [3.8, 4) is 23.7 Å². The van der Waals surface area contributed by atoms with E-state index in [1.165, 1.54) is 24.5 Å². The zero-order chi connectivity index (χ0) is 25.8. The molecule has 2 atom stereocenters. The molecule has 2 rings (SSSR count). The number of carbonyl (C=O) groups excluding carboxylic acids is 3. The average Bonchev–Trinajstić information content (AvgIpc) is 2.84. The number of aliphatic hydroxyl groups excluding tert-OH is 1. The minimum Gasteiger partial charge on any atom is -0.391 e. The first-order valence-electron chi connectivity index (χ1n) is 10.9. The molecule has 190 valence electrons. The van der Waals surface area contributed by atoms with E-state index in [2.05, 4.69) is 39.6 Å². The molecule has 36 heavy (non-hydrogen) atoms. The molecule has 0 aliphatic carbocycles.